The molecular weight excluding hydrogens is 330 g/mol. The third-order valence-corrected chi connectivity index (χ3v) is 3.99. The maximum absolute atomic E-state index is 11.6. The van der Waals surface area contributed by atoms with Crippen LogP contribution in [0.5, 0.6) is 0 Å². The van der Waals surface area contributed by atoms with Crippen LogP contribution in [0.4, 0.5) is 5.82 Å². The molecule has 7 heteroatoms. The first-order valence-corrected chi connectivity index (χ1v) is 8.00. The van der Waals surface area contributed by atoms with E-state index in [2.05, 4.69) is 20.5 Å². The zero-order valence-electron chi connectivity index (χ0n) is 13.7. The number of nitrogens with zero attached hydrogens (tertiary/aromatic N) is 3. The molecular formula is C19H15N5O2. The summed E-state index contributed by atoms with van der Waals surface area (Å²) >= 11 is 0. The van der Waals surface area contributed by atoms with Gasteiger partial charge in [0.05, 0.1) is 11.8 Å². The van der Waals surface area contributed by atoms with E-state index in [1.165, 1.54) is 6.26 Å². The van der Waals surface area contributed by atoms with Crippen LogP contribution >= 0.6 is 0 Å². The van der Waals surface area contributed by atoms with Crippen molar-refractivity contribution in [2.75, 3.05) is 5.32 Å². The Morgan fingerprint density at radius 3 is 2.73 bits per heavy atom. The zero-order valence-corrected chi connectivity index (χ0v) is 13.7. The molecule has 0 saturated carbocycles. The van der Waals surface area contributed by atoms with Gasteiger partial charge in [-0.1, -0.05) is 42.5 Å². The number of fused-ring (bicyclic) bond motifs is 1. The van der Waals surface area contributed by atoms with Crippen LogP contribution in [0.1, 0.15) is 15.9 Å². The number of benzene rings is 2. The summed E-state index contributed by atoms with van der Waals surface area (Å²) in [4.78, 5) is 16.0. The fraction of sp³-hybridized carbons (Fsp3) is 0.0526. The van der Waals surface area contributed by atoms with Gasteiger partial charge in [-0.05, 0) is 11.6 Å². The Balaban J connectivity index is 1.65. The molecule has 4 aromatic rings. The van der Waals surface area contributed by atoms with Crippen molar-refractivity contribution in [1.29, 1.82) is 0 Å². The summed E-state index contributed by atoms with van der Waals surface area (Å²) in [6.07, 6.45) is 3.03. The van der Waals surface area contributed by atoms with Gasteiger partial charge in [-0.15, -0.1) is 5.10 Å². The predicted octanol–water partition coefficient (Wildman–Crippen LogP) is 3.00. The number of furan rings is 1. The molecule has 2 aromatic carbocycles. The minimum Gasteiger partial charge on any atom is -0.460 e. The molecule has 0 aliphatic carbocycles. The molecule has 2 aromatic heterocycles. The maximum Gasteiger partial charge on any atom is 0.249 e. The van der Waals surface area contributed by atoms with E-state index in [4.69, 9.17) is 10.2 Å². The van der Waals surface area contributed by atoms with Crippen LogP contribution in [0.3, 0.4) is 0 Å². The largest absolute Gasteiger partial charge is 0.460 e. The van der Waals surface area contributed by atoms with Gasteiger partial charge < -0.3 is 15.5 Å². The summed E-state index contributed by atoms with van der Waals surface area (Å²) in [6.45, 7) is 0.615. The molecule has 0 saturated heterocycles. The van der Waals surface area contributed by atoms with Crippen LogP contribution in [0.15, 0.2) is 65.4 Å². The second kappa shape index (κ2) is 6.64. The van der Waals surface area contributed by atoms with Crippen LogP contribution in [0.25, 0.3) is 22.4 Å². The van der Waals surface area contributed by atoms with E-state index in [1.807, 2.05) is 36.4 Å². The van der Waals surface area contributed by atoms with Gasteiger partial charge in [0, 0.05) is 17.3 Å². The third-order valence-electron chi connectivity index (χ3n) is 3.99. The maximum atomic E-state index is 11.6. The molecule has 0 bridgehead atoms. The lowest BCUT2D eigenvalue weighted by atomic mass is 10.1. The van der Waals surface area contributed by atoms with E-state index in [1.54, 1.807) is 18.3 Å². The minimum absolute atomic E-state index is 0.333. The van der Waals surface area contributed by atoms with Crippen LogP contribution in [0.2, 0.25) is 0 Å². The monoisotopic (exact) mass is 345 g/mol. The second-order valence-electron chi connectivity index (χ2n) is 5.70. The van der Waals surface area contributed by atoms with E-state index < -0.39 is 5.91 Å². The summed E-state index contributed by atoms with van der Waals surface area (Å²) in [5, 5.41) is 12.6. The van der Waals surface area contributed by atoms with Crippen LogP contribution in [0, 0.1) is 0 Å². The van der Waals surface area contributed by atoms with Crippen molar-refractivity contribution in [3.8, 4) is 11.6 Å². The quantitative estimate of drug-likeness (QED) is 0.576. The first-order valence-electron chi connectivity index (χ1n) is 8.00. The van der Waals surface area contributed by atoms with Crippen molar-refractivity contribution in [3.63, 3.8) is 0 Å². The van der Waals surface area contributed by atoms with Crippen molar-refractivity contribution in [1.82, 2.24) is 15.2 Å². The molecule has 4 rings (SSSR count). The van der Waals surface area contributed by atoms with Crippen LogP contribution in [-0.2, 0) is 6.54 Å². The molecule has 26 heavy (non-hydrogen) atoms. The number of anilines is 1. The van der Waals surface area contributed by atoms with E-state index in [0.29, 0.717) is 40.3 Å². The lowest BCUT2D eigenvalue weighted by Gasteiger charge is -2.05. The first-order chi connectivity index (χ1) is 12.7. The molecule has 1 amide bonds. The molecule has 0 aliphatic heterocycles. The van der Waals surface area contributed by atoms with Gasteiger partial charge in [0.1, 0.15) is 12.1 Å². The topological polar surface area (TPSA) is 107 Å². The molecule has 3 N–H and O–H groups in total. The number of rotatable bonds is 5. The number of nitrogens with one attached hydrogen (secondary N) is 1. The number of nitrogens with two attached hydrogens (primary N) is 1. The minimum atomic E-state index is -0.514. The summed E-state index contributed by atoms with van der Waals surface area (Å²) in [7, 11) is 0. The third kappa shape index (κ3) is 2.98. The standard InChI is InChI=1S/C19H15N5O2/c20-18(25)14-8-4-7-13-15(14)11-26-17(13)19-23-16(10-22-24-19)21-9-12-5-2-1-3-6-12/h1-8,10-11H,9H2,(H2,20,25)(H,21,23,24). The Labute approximate surface area is 148 Å². The van der Waals surface area contributed by atoms with Crippen molar-refractivity contribution in [2.24, 2.45) is 5.73 Å². The van der Waals surface area contributed by atoms with E-state index >= 15 is 0 Å². The smallest absolute Gasteiger partial charge is 0.249 e. The fourth-order valence-corrected chi connectivity index (χ4v) is 2.73. The average Bonchev–Trinajstić information content (AvgIpc) is 3.11. The molecule has 0 aliphatic rings. The summed E-state index contributed by atoms with van der Waals surface area (Å²) in [6, 6.07) is 15.2. The summed E-state index contributed by atoms with van der Waals surface area (Å²) < 4.78 is 5.61. The number of primary amides is 1. The van der Waals surface area contributed by atoms with Gasteiger partial charge >= 0.3 is 0 Å². The Hall–Kier alpha value is -3.74. The molecule has 0 unspecified atom stereocenters. The number of carbonyl (C=O) groups is 1. The number of hydrogen-bond acceptors (Lipinski definition) is 6. The van der Waals surface area contributed by atoms with Crippen molar-refractivity contribution < 1.29 is 9.21 Å². The highest BCUT2D eigenvalue weighted by Gasteiger charge is 2.16. The predicted molar refractivity (Wildman–Crippen MR) is 97.3 cm³/mol. The molecule has 0 radical (unpaired) electrons. The molecule has 0 fully saturated rings. The zero-order chi connectivity index (χ0) is 17.9. The number of amides is 1. The molecule has 0 spiro atoms. The van der Waals surface area contributed by atoms with Gasteiger partial charge in [-0.25, -0.2) is 4.98 Å². The molecule has 0 atom stereocenters. The normalized spacial score (nSPS) is 10.8. The van der Waals surface area contributed by atoms with E-state index in [9.17, 15) is 4.79 Å². The highest BCUT2D eigenvalue weighted by atomic mass is 16.3. The van der Waals surface area contributed by atoms with Gasteiger partial charge in [0.15, 0.2) is 5.76 Å². The Morgan fingerprint density at radius 1 is 1.08 bits per heavy atom. The SMILES string of the molecule is NC(=O)c1cccc2c(-c3nncc(NCc4ccccc4)n3)occ12. The second-order valence-corrected chi connectivity index (χ2v) is 5.70. The Morgan fingerprint density at radius 2 is 1.92 bits per heavy atom. The van der Waals surface area contributed by atoms with Crippen LogP contribution in [-0.4, -0.2) is 21.1 Å². The van der Waals surface area contributed by atoms with Gasteiger partial charge in [-0.3, -0.25) is 4.79 Å². The fourth-order valence-electron chi connectivity index (χ4n) is 2.73. The summed E-state index contributed by atoms with van der Waals surface area (Å²) in [5.41, 5.74) is 6.93. The van der Waals surface area contributed by atoms with Gasteiger partial charge in [-0.2, -0.15) is 5.10 Å². The van der Waals surface area contributed by atoms with E-state index in [0.717, 1.165) is 5.56 Å². The number of hydrogen-bond donors (Lipinski definition) is 2. The highest BCUT2D eigenvalue weighted by molar-refractivity contribution is 6.08. The number of aromatic nitrogens is 3. The lowest BCUT2D eigenvalue weighted by molar-refractivity contribution is 0.100. The summed E-state index contributed by atoms with van der Waals surface area (Å²) in [5.74, 6) is 0.841. The Bertz CT molecular complexity index is 1080. The number of carbonyl (C=O) groups excluding carboxylic acids is 1. The van der Waals surface area contributed by atoms with Crippen LogP contribution < -0.4 is 11.1 Å². The first kappa shape index (κ1) is 15.8. The molecule has 2 heterocycles. The average molecular weight is 345 g/mol. The van der Waals surface area contributed by atoms with Crippen molar-refractivity contribution >= 4 is 22.5 Å². The molecule has 128 valence electrons. The van der Waals surface area contributed by atoms with E-state index in [-0.39, 0.29) is 0 Å². The van der Waals surface area contributed by atoms with Gasteiger partial charge in [0.2, 0.25) is 11.7 Å². The van der Waals surface area contributed by atoms with Gasteiger partial charge in [0.25, 0.3) is 0 Å². The molecule has 7 nitrogen and oxygen atoms in total. The Kier molecular flexibility index (Phi) is 4.03. The lowest BCUT2D eigenvalue weighted by Crippen LogP contribution is -2.10. The van der Waals surface area contributed by atoms with Crippen molar-refractivity contribution in [2.45, 2.75) is 6.54 Å². The highest BCUT2D eigenvalue weighted by Crippen LogP contribution is 2.30. The van der Waals surface area contributed by atoms with Crippen molar-refractivity contribution in [3.05, 3.63) is 72.1 Å².